The number of aliphatic hydroxyl groups excluding tert-OH is 2. The molecule has 186 valence electrons. The molecular weight excluding hydrogens is 424 g/mol. The lowest BCUT2D eigenvalue weighted by atomic mass is 9.76. The Balaban J connectivity index is 2.26. The van der Waals surface area contributed by atoms with Gasteiger partial charge in [0.25, 0.3) is 0 Å². The molecule has 1 aromatic carbocycles. The van der Waals surface area contributed by atoms with Crippen LogP contribution in [0.25, 0.3) is 0 Å². The second-order valence-electron chi connectivity index (χ2n) is 9.61. The highest BCUT2D eigenvalue weighted by Crippen LogP contribution is 2.41. The first-order valence-corrected chi connectivity index (χ1v) is 11.6. The predicted octanol–water partition coefficient (Wildman–Crippen LogP) is 3.18. The van der Waals surface area contributed by atoms with Gasteiger partial charge < -0.3 is 29.5 Å². The fraction of sp³-hybridized carbons (Fsp3) is 0.654. The summed E-state index contributed by atoms with van der Waals surface area (Å²) >= 11 is 0. The Morgan fingerprint density at radius 1 is 1.24 bits per heavy atom. The van der Waals surface area contributed by atoms with Crippen LogP contribution in [-0.4, -0.2) is 64.7 Å². The highest BCUT2D eigenvalue weighted by Gasteiger charge is 2.51. The minimum Gasteiger partial charge on any atom is -0.455 e. The van der Waals surface area contributed by atoms with Gasteiger partial charge in [-0.2, -0.15) is 0 Å². The largest absolute Gasteiger partial charge is 0.455 e. The van der Waals surface area contributed by atoms with Gasteiger partial charge >= 0.3 is 5.97 Å². The van der Waals surface area contributed by atoms with Gasteiger partial charge in [-0.15, -0.1) is 6.58 Å². The molecule has 1 saturated heterocycles. The molecule has 0 spiro atoms. The minimum absolute atomic E-state index is 0.0219. The zero-order chi connectivity index (χ0) is 24.9. The van der Waals surface area contributed by atoms with E-state index in [9.17, 15) is 20.1 Å². The van der Waals surface area contributed by atoms with E-state index < -0.39 is 48.0 Å². The van der Waals surface area contributed by atoms with Crippen molar-refractivity contribution in [3.05, 3.63) is 48.6 Å². The Hall–Kier alpha value is -1.77. The first-order valence-electron chi connectivity index (χ1n) is 11.6. The van der Waals surface area contributed by atoms with E-state index in [2.05, 4.69) is 6.58 Å². The molecule has 1 aromatic rings. The molecule has 0 radical (unpaired) electrons. The van der Waals surface area contributed by atoms with Crippen molar-refractivity contribution >= 4 is 5.97 Å². The number of carbonyl (C=O) groups is 1. The van der Waals surface area contributed by atoms with Gasteiger partial charge in [-0.25, -0.2) is 4.79 Å². The van der Waals surface area contributed by atoms with Crippen molar-refractivity contribution in [2.75, 3.05) is 7.11 Å². The predicted molar refractivity (Wildman–Crippen MR) is 125 cm³/mol. The molecule has 7 nitrogen and oxygen atoms in total. The average molecular weight is 465 g/mol. The maximum atomic E-state index is 12.7. The average Bonchev–Trinajstić information content (AvgIpc) is 2.80. The van der Waals surface area contributed by atoms with Crippen molar-refractivity contribution in [2.45, 2.75) is 77.3 Å². The Morgan fingerprint density at radius 2 is 1.85 bits per heavy atom. The third-order valence-electron chi connectivity index (χ3n) is 6.99. The summed E-state index contributed by atoms with van der Waals surface area (Å²) in [6.07, 6.45) is -2.31. The monoisotopic (exact) mass is 464 g/mol. The summed E-state index contributed by atoms with van der Waals surface area (Å²) in [5.74, 6) is -3.78. The third kappa shape index (κ3) is 6.22. The van der Waals surface area contributed by atoms with E-state index in [-0.39, 0.29) is 24.4 Å². The van der Waals surface area contributed by atoms with Crippen LogP contribution in [0.15, 0.2) is 43.0 Å². The molecule has 2 rings (SSSR count). The second-order valence-corrected chi connectivity index (χ2v) is 9.61. The lowest BCUT2D eigenvalue weighted by molar-refractivity contribution is -0.328. The zero-order valence-electron chi connectivity index (χ0n) is 20.5. The molecule has 7 heteroatoms. The summed E-state index contributed by atoms with van der Waals surface area (Å²) in [5.41, 5.74) is 0.377. The zero-order valence-corrected chi connectivity index (χ0v) is 20.5. The smallest absolute Gasteiger partial charge is 0.338 e. The SMILES string of the molecule is C=C[C@H](OC)[C@H](OC(=O)c1ccccc1)[C@@H](C)[C@@H](O)[C@H](C)[C@@]1(O)C[C@@H](O)[C@H](C)[C@@H](C(C)C)O1. The van der Waals surface area contributed by atoms with Crippen LogP contribution in [0, 0.1) is 23.7 Å². The molecule has 1 aliphatic heterocycles. The lowest BCUT2D eigenvalue weighted by Crippen LogP contribution is -2.59. The number of hydrogen-bond acceptors (Lipinski definition) is 7. The molecule has 1 fully saturated rings. The number of aliphatic hydroxyl groups is 3. The van der Waals surface area contributed by atoms with E-state index in [1.54, 1.807) is 44.2 Å². The molecule has 0 bridgehead atoms. The van der Waals surface area contributed by atoms with Crippen molar-refractivity contribution in [3.8, 4) is 0 Å². The lowest BCUT2D eigenvalue weighted by Gasteiger charge is -2.49. The molecular formula is C26H40O7. The van der Waals surface area contributed by atoms with Gasteiger partial charge in [-0.3, -0.25) is 0 Å². The van der Waals surface area contributed by atoms with Gasteiger partial charge in [-0.05, 0) is 18.1 Å². The van der Waals surface area contributed by atoms with Crippen LogP contribution in [-0.2, 0) is 14.2 Å². The standard InChI is InChI=1S/C26H40O7/c1-8-21(31-7)24(32-25(29)19-12-10-9-11-13-19)17(5)22(28)18(6)26(30)14-20(27)16(4)23(33-26)15(2)3/h8-13,15-18,20-24,27-28,30H,1,14H2,2-7H3/t16-,17-,18-,20+,21-,22+,23+,24+,26+/m0/s1. The number of rotatable bonds is 10. The maximum absolute atomic E-state index is 12.7. The first-order chi connectivity index (χ1) is 15.5. The van der Waals surface area contributed by atoms with Crippen LogP contribution in [0.1, 0.15) is 51.4 Å². The van der Waals surface area contributed by atoms with Crippen molar-refractivity contribution in [1.82, 2.24) is 0 Å². The van der Waals surface area contributed by atoms with Crippen molar-refractivity contribution in [1.29, 1.82) is 0 Å². The molecule has 0 saturated carbocycles. The van der Waals surface area contributed by atoms with Gasteiger partial charge in [0.05, 0.1) is 23.9 Å². The molecule has 0 aromatic heterocycles. The molecule has 9 atom stereocenters. The summed E-state index contributed by atoms with van der Waals surface area (Å²) in [6, 6.07) is 8.56. The van der Waals surface area contributed by atoms with Crippen molar-refractivity contribution in [3.63, 3.8) is 0 Å². The Bertz CT molecular complexity index is 767. The van der Waals surface area contributed by atoms with Crippen LogP contribution in [0.3, 0.4) is 0 Å². The number of methoxy groups -OCH3 is 1. The molecule has 1 heterocycles. The molecule has 33 heavy (non-hydrogen) atoms. The van der Waals surface area contributed by atoms with Gasteiger partial charge in [0.15, 0.2) is 5.79 Å². The summed E-state index contributed by atoms with van der Waals surface area (Å²) in [7, 11) is 1.47. The maximum Gasteiger partial charge on any atom is 0.338 e. The summed E-state index contributed by atoms with van der Waals surface area (Å²) in [5, 5.41) is 33.2. The van der Waals surface area contributed by atoms with Crippen LogP contribution >= 0.6 is 0 Å². The van der Waals surface area contributed by atoms with Gasteiger partial charge in [-0.1, -0.05) is 58.9 Å². The van der Waals surface area contributed by atoms with Crippen LogP contribution in [0.5, 0.6) is 0 Å². The number of hydrogen-bond donors (Lipinski definition) is 3. The Labute approximate surface area is 197 Å². The van der Waals surface area contributed by atoms with E-state index in [0.29, 0.717) is 5.56 Å². The highest BCUT2D eigenvalue weighted by atomic mass is 16.6. The van der Waals surface area contributed by atoms with E-state index in [1.165, 1.54) is 13.2 Å². The topological polar surface area (TPSA) is 105 Å². The minimum atomic E-state index is -1.74. The quantitative estimate of drug-likeness (QED) is 0.361. The number of esters is 1. The molecule has 0 aliphatic carbocycles. The van der Waals surface area contributed by atoms with Gasteiger partial charge in [0, 0.05) is 31.3 Å². The third-order valence-corrected chi connectivity index (χ3v) is 6.99. The number of ether oxygens (including phenoxy) is 3. The summed E-state index contributed by atoms with van der Waals surface area (Å²) < 4.78 is 17.3. The molecule has 1 aliphatic rings. The van der Waals surface area contributed by atoms with Gasteiger partial charge in [0.2, 0.25) is 0 Å². The number of benzene rings is 1. The van der Waals surface area contributed by atoms with Crippen LogP contribution < -0.4 is 0 Å². The number of carbonyl (C=O) groups excluding carboxylic acids is 1. The fourth-order valence-corrected chi connectivity index (χ4v) is 4.65. The molecule has 3 N–H and O–H groups in total. The normalized spacial score (nSPS) is 30.2. The Morgan fingerprint density at radius 3 is 2.36 bits per heavy atom. The second kappa shape index (κ2) is 11.6. The summed E-state index contributed by atoms with van der Waals surface area (Å²) in [4.78, 5) is 12.7. The highest BCUT2D eigenvalue weighted by molar-refractivity contribution is 5.89. The van der Waals surface area contributed by atoms with Crippen LogP contribution in [0.4, 0.5) is 0 Å². The van der Waals surface area contributed by atoms with E-state index in [0.717, 1.165) is 0 Å². The summed E-state index contributed by atoms with van der Waals surface area (Å²) in [6.45, 7) is 13.0. The Kier molecular flexibility index (Phi) is 9.64. The van der Waals surface area contributed by atoms with Crippen LogP contribution in [0.2, 0.25) is 0 Å². The van der Waals surface area contributed by atoms with Gasteiger partial charge in [0.1, 0.15) is 12.2 Å². The van der Waals surface area contributed by atoms with E-state index >= 15 is 0 Å². The van der Waals surface area contributed by atoms with Crippen molar-refractivity contribution < 1.29 is 34.3 Å². The van der Waals surface area contributed by atoms with Crippen molar-refractivity contribution in [2.24, 2.45) is 23.7 Å². The first kappa shape index (κ1) is 27.5. The fourth-order valence-electron chi connectivity index (χ4n) is 4.65. The molecule has 0 amide bonds. The molecule has 0 unspecified atom stereocenters. The van der Waals surface area contributed by atoms with E-state index in [1.807, 2.05) is 20.8 Å². The van der Waals surface area contributed by atoms with E-state index in [4.69, 9.17) is 14.2 Å².